The summed E-state index contributed by atoms with van der Waals surface area (Å²) in [7, 11) is 0.285. The molecule has 0 radical (unpaired) electrons. The Morgan fingerprint density at radius 3 is 2.06 bits per heavy atom. The average Bonchev–Trinajstić information content (AvgIpc) is 2.36. The van der Waals surface area contributed by atoms with Crippen molar-refractivity contribution in [2.45, 2.75) is 97.1 Å². The second-order valence-electron chi connectivity index (χ2n) is 5.68. The van der Waals surface area contributed by atoms with Gasteiger partial charge in [0, 0.05) is 9.52 Å². The second kappa shape index (κ2) is 14.3. The van der Waals surface area contributed by atoms with E-state index in [-0.39, 0.29) is 9.52 Å². The molecule has 0 heterocycles. The Hall–Kier alpha value is 0.217. The van der Waals surface area contributed by atoms with Gasteiger partial charge in [0.15, 0.2) is 0 Å². The molecule has 1 unspecified atom stereocenters. The molecule has 0 spiro atoms. The zero-order valence-electron chi connectivity index (χ0n) is 12.8. The summed E-state index contributed by atoms with van der Waals surface area (Å²) in [6.45, 7) is 7.01. The van der Waals surface area contributed by atoms with E-state index in [0.717, 1.165) is 5.92 Å². The Bertz CT molecular complexity index is 133. The zero-order valence-corrected chi connectivity index (χ0v) is 14.2. The molecule has 0 N–H and O–H groups in total. The van der Waals surface area contributed by atoms with Crippen molar-refractivity contribution in [3.8, 4) is 0 Å². The summed E-state index contributed by atoms with van der Waals surface area (Å²) in [4.78, 5) is 0. The van der Waals surface area contributed by atoms with Crippen LogP contribution in [0.2, 0.25) is 12.1 Å². The number of rotatable bonds is 13. The summed E-state index contributed by atoms with van der Waals surface area (Å²) >= 11 is 0. The number of hydrogen-bond donors (Lipinski definition) is 0. The van der Waals surface area contributed by atoms with Crippen molar-refractivity contribution in [3.05, 3.63) is 0 Å². The first-order chi connectivity index (χ1) is 8.35. The van der Waals surface area contributed by atoms with E-state index in [1.165, 1.54) is 57.8 Å². The van der Waals surface area contributed by atoms with Gasteiger partial charge in [-0.2, -0.15) is 0 Å². The van der Waals surface area contributed by atoms with Crippen LogP contribution >= 0.6 is 0 Å². The molecule has 0 nitrogen and oxygen atoms in total. The van der Waals surface area contributed by atoms with Crippen molar-refractivity contribution < 1.29 is 0 Å². The molecule has 0 fully saturated rings. The number of hydrogen-bond acceptors (Lipinski definition) is 0. The van der Waals surface area contributed by atoms with Crippen LogP contribution in [0.25, 0.3) is 0 Å². The first kappa shape index (κ1) is 17.2. The predicted molar refractivity (Wildman–Crippen MR) is 84.8 cm³/mol. The van der Waals surface area contributed by atoms with E-state index in [1.54, 1.807) is 18.5 Å². The quantitative estimate of drug-likeness (QED) is 0.298. The maximum Gasteiger partial charge on any atom is 0.0200 e. The Labute approximate surface area is 113 Å². The Morgan fingerprint density at radius 2 is 1.41 bits per heavy atom. The van der Waals surface area contributed by atoms with E-state index in [1.807, 2.05) is 0 Å². The van der Waals surface area contributed by atoms with Gasteiger partial charge in [0.2, 0.25) is 0 Å². The maximum absolute atomic E-state index is 2.39. The molecule has 0 aliphatic carbocycles. The van der Waals surface area contributed by atoms with Crippen LogP contribution in [0.5, 0.6) is 0 Å². The van der Waals surface area contributed by atoms with Crippen LogP contribution in [-0.4, -0.2) is 9.52 Å². The Kier molecular flexibility index (Phi) is 14.5. The summed E-state index contributed by atoms with van der Waals surface area (Å²) in [5.74, 6) is 1.08. The molecule has 0 aliphatic rings. The highest BCUT2D eigenvalue weighted by molar-refractivity contribution is 6.35. The van der Waals surface area contributed by atoms with Crippen molar-refractivity contribution in [1.82, 2.24) is 0 Å². The molecule has 17 heavy (non-hydrogen) atoms. The molecule has 0 bridgehead atoms. The molecule has 104 valence electrons. The molecule has 0 amide bonds. The molecule has 1 atom stereocenters. The van der Waals surface area contributed by atoms with Gasteiger partial charge in [0.1, 0.15) is 0 Å². The summed E-state index contributed by atoms with van der Waals surface area (Å²) in [6.07, 6.45) is 14.6. The molecule has 0 aliphatic heterocycles. The van der Waals surface area contributed by atoms with E-state index in [0.29, 0.717) is 0 Å². The molecular weight excluding hydrogens is 220 g/mol. The van der Waals surface area contributed by atoms with Crippen LogP contribution in [0, 0.1) is 5.92 Å². The van der Waals surface area contributed by atoms with Gasteiger partial charge < -0.3 is 0 Å². The molecule has 0 aromatic rings. The smallest absolute Gasteiger partial charge is 0.0200 e. The van der Waals surface area contributed by atoms with Gasteiger partial charge in [-0.1, -0.05) is 97.1 Å². The molecule has 1 heteroatoms. The summed E-state index contributed by atoms with van der Waals surface area (Å²) in [5, 5.41) is 0. The SMILES string of the molecule is CCCCCCCC[SiH2]CC(CC)CCCC. The van der Waals surface area contributed by atoms with E-state index >= 15 is 0 Å². The van der Waals surface area contributed by atoms with Gasteiger partial charge in [0.25, 0.3) is 0 Å². The third kappa shape index (κ3) is 12.5. The van der Waals surface area contributed by atoms with Gasteiger partial charge in [-0.05, 0) is 5.92 Å². The van der Waals surface area contributed by atoms with Crippen molar-refractivity contribution in [2.24, 2.45) is 5.92 Å². The first-order valence-corrected chi connectivity index (χ1v) is 10.3. The van der Waals surface area contributed by atoms with Crippen molar-refractivity contribution in [1.29, 1.82) is 0 Å². The fraction of sp³-hybridized carbons (Fsp3) is 1.00. The molecular formula is C16H36Si. The monoisotopic (exact) mass is 256 g/mol. The lowest BCUT2D eigenvalue weighted by atomic mass is 10.0. The Morgan fingerprint density at radius 1 is 0.765 bits per heavy atom. The van der Waals surface area contributed by atoms with Crippen LogP contribution in [0.1, 0.15) is 85.0 Å². The molecule has 0 aromatic carbocycles. The molecule has 0 rings (SSSR count). The van der Waals surface area contributed by atoms with E-state index in [9.17, 15) is 0 Å². The normalized spacial score (nSPS) is 13.6. The summed E-state index contributed by atoms with van der Waals surface area (Å²) in [6, 6.07) is 3.25. The van der Waals surface area contributed by atoms with E-state index < -0.39 is 0 Å². The fourth-order valence-corrected chi connectivity index (χ4v) is 4.88. The van der Waals surface area contributed by atoms with Gasteiger partial charge in [-0.25, -0.2) is 0 Å². The lowest BCUT2D eigenvalue weighted by molar-refractivity contribution is 0.489. The van der Waals surface area contributed by atoms with Gasteiger partial charge in [-0.3, -0.25) is 0 Å². The highest BCUT2D eigenvalue weighted by Crippen LogP contribution is 2.18. The minimum Gasteiger partial charge on any atom is -0.0654 e. The average molecular weight is 257 g/mol. The first-order valence-electron chi connectivity index (χ1n) is 8.35. The molecule has 0 saturated carbocycles. The molecule has 0 saturated heterocycles. The zero-order chi connectivity index (χ0) is 12.8. The van der Waals surface area contributed by atoms with Crippen LogP contribution in [0.3, 0.4) is 0 Å². The third-order valence-corrected chi connectivity index (χ3v) is 6.23. The number of unbranched alkanes of at least 4 members (excludes halogenated alkanes) is 6. The summed E-state index contributed by atoms with van der Waals surface area (Å²) in [5.41, 5.74) is 0. The Balaban J connectivity index is 3.19. The van der Waals surface area contributed by atoms with Gasteiger partial charge in [-0.15, -0.1) is 0 Å². The summed E-state index contributed by atoms with van der Waals surface area (Å²) < 4.78 is 0. The van der Waals surface area contributed by atoms with E-state index in [4.69, 9.17) is 0 Å². The minimum absolute atomic E-state index is 0.285. The highest BCUT2D eigenvalue weighted by Gasteiger charge is 2.05. The van der Waals surface area contributed by atoms with Crippen molar-refractivity contribution in [3.63, 3.8) is 0 Å². The minimum atomic E-state index is 0.285. The van der Waals surface area contributed by atoms with Crippen molar-refractivity contribution >= 4 is 9.52 Å². The van der Waals surface area contributed by atoms with Crippen LogP contribution < -0.4 is 0 Å². The molecule has 0 aromatic heterocycles. The topological polar surface area (TPSA) is 0 Å². The van der Waals surface area contributed by atoms with Crippen LogP contribution in [0.15, 0.2) is 0 Å². The van der Waals surface area contributed by atoms with Crippen LogP contribution in [0.4, 0.5) is 0 Å². The third-order valence-electron chi connectivity index (χ3n) is 4.01. The van der Waals surface area contributed by atoms with Gasteiger partial charge in [0.05, 0.1) is 0 Å². The van der Waals surface area contributed by atoms with Crippen LogP contribution in [-0.2, 0) is 0 Å². The fourth-order valence-electron chi connectivity index (χ4n) is 2.61. The lowest BCUT2D eigenvalue weighted by Crippen LogP contribution is -2.03. The van der Waals surface area contributed by atoms with Gasteiger partial charge >= 0.3 is 0 Å². The van der Waals surface area contributed by atoms with Crippen molar-refractivity contribution in [2.75, 3.05) is 0 Å². The highest BCUT2D eigenvalue weighted by atomic mass is 28.2. The predicted octanol–water partition coefficient (Wildman–Crippen LogP) is 5.57. The van der Waals surface area contributed by atoms with E-state index in [2.05, 4.69) is 20.8 Å². The standard InChI is InChI=1S/C16H36Si/c1-4-7-9-10-11-12-14-17-15-16(6-3)13-8-5-2/h16H,4-15,17H2,1-3H3. The largest absolute Gasteiger partial charge is 0.0654 e. The maximum atomic E-state index is 2.39. The lowest BCUT2D eigenvalue weighted by Gasteiger charge is -2.13. The second-order valence-corrected chi connectivity index (χ2v) is 7.67.